The molecule has 0 aliphatic rings. The van der Waals surface area contributed by atoms with Crippen molar-refractivity contribution in [3.8, 4) is 10.7 Å². The summed E-state index contributed by atoms with van der Waals surface area (Å²) in [6.45, 7) is 5.04. The van der Waals surface area contributed by atoms with Crippen LogP contribution < -0.4 is 5.32 Å². The second kappa shape index (κ2) is 9.93. The van der Waals surface area contributed by atoms with Gasteiger partial charge in [-0.1, -0.05) is 19.9 Å². The Morgan fingerprint density at radius 2 is 2.00 bits per heavy atom. The van der Waals surface area contributed by atoms with Crippen molar-refractivity contribution in [1.82, 2.24) is 15.3 Å². The number of thiazole rings is 1. The molecule has 0 bridgehead atoms. The summed E-state index contributed by atoms with van der Waals surface area (Å²) in [6, 6.07) is 4.63. The van der Waals surface area contributed by atoms with E-state index in [-0.39, 0.29) is 5.92 Å². The Hall–Kier alpha value is -2.81. The number of hydrogen-bond donors (Lipinski definition) is 1. The number of carbonyl (C=O) groups is 3. The zero-order chi connectivity index (χ0) is 20.7. The molecule has 0 fully saturated rings. The van der Waals surface area contributed by atoms with Crippen LogP contribution in [0.3, 0.4) is 0 Å². The molecule has 0 aromatic carbocycles. The maximum Gasteiger partial charge on any atom is 0.350 e. The van der Waals surface area contributed by atoms with E-state index in [1.54, 1.807) is 25.3 Å². The van der Waals surface area contributed by atoms with Crippen molar-refractivity contribution >= 4 is 29.2 Å². The van der Waals surface area contributed by atoms with Gasteiger partial charge in [-0.3, -0.25) is 9.78 Å². The summed E-state index contributed by atoms with van der Waals surface area (Å²) < 4.78 is 9.78. The van der Waals surface area contributed by atoms with Gasteiger partial charge in [0.05, 0.1) is 18.5 Å². The van der Waals surface area contributed by atoms with Crippen LogP contribution in [0.4, 0.5) is 0 Å². The third-order valence-corrected chi connectivity index (χ3v) is 4.89. The first-order valence-electron chi connectivity index (χ1n) is 8.75. The molecule has 8 nitrogen and oxygen atoms in total. The molecule has 2 rings (SSSR count). The molecule has 0 aliphatic heterocycles. The number of hydrogen-bond acceptors (Lipinski definition) is 8. The van der Waals surface area contributed by atoms with Crippen LogP contribution in [0.25, 0.3) is 10.7 Å². The zero-order valence-electron chi connectivity index (χ0n) is 16.2. The van der Waals surface area contributed by atoms with Crippen LogP contribution >= 0.6 is 11.3 Å². The van der Waals surface area contributed by atoms with Crippen LogP contribution in [0.1, 0.15) is 35.6 Å². The van der Waals surface area contributed by atoms with E-state index in [1.807, 2.05) is 19.9 Å². The van der Waals surface area contributed by atoms with Crippen molar-refractivity contribution in [3.05, 3.63) is 35.0 Å². The first-order valence-corrected chi connectivity index (χ1v) is 9.56. The fourth-order valence-electron chi connectivity index (χ4n) is 2.45. The van der Waals surface area contributed by atoms with Gasteiger partial charge in [0.25, 0.3) is 5.91 Å². The van der Waals surface area contributed by atoms with Gasteiger partial charge in [0, 0.05) is 6.20 Å². The summed E-state index contributed by atoms with van der Waals surface area (Å²) in [5, 5.41) is 3.13. The third-order valence-electron chi connectivity index (χ3n) is 3.73. The summed E-state index contributed by atoms with van der Waals surface area (Å²) >= 11 is 1.15. The normalized spacial score (nSPS) is 11.8. The summed E-state index contributed by atoms with van der Waals surface area (Å²) in [5.74, 6) is -1.58. The molecule has 1 N–H and O–H groups in total. The molecular weight excluding hydrogens is 382 g/mol. The lowest BCUT2D eigenvalue weighted by atomic mass is 10.0. The molecule has 0 aliphatic carbocycles. The lowest BCUT2D eigenvalue weighted by molar-refractivity contribution is -0.145. The van der Waals surface area contributed by atoms with E-state index in [2.05, 4.69) is 15.3 Å². The standard InChI is InChI=1S/C19H23N3O5S/c1-11(2)9-14(18(24)26-4)22-15(23)10-27-19(25)16-12(3)21-17(28-16)13-7-5-6-8-20-13/h5-8,11,14H,9-10H2,1-4H3,(H,22,23)/t14-/m1/s1. The molecule has 0 unspecified atom stereocenters. The van der Waals surface area contributed by atoms with Crippen molar-refractivity contribution in [1.29, 1.82) is 0 Å². The third kappa shape index (κ3) is 5.85. The van der Waals surface area contributed by atoms with Gasteiger partial charge in [0.15, 0.2) is 6.61 Å². The molecule has 1 amide bonds. The van der Waals surface area contributed by atoms with E-state index in [9.17, 15) is 14.4 Å². The highest BCUT2D eigenvalue weighted by Crippen LogP contribution is 2.26. The topological polar surface area (TPSA) is 107 Å². The maximum absolute atomic E-state index is 12.3. The average molecular weight is 405 g/mol. The summed E-state index contributed by atoms with van der Waals surface area (Å²) in [5.41, 5.74) is 1.16. The number of methoxy groups -OCH3 is 1. The van der Waals surface area contributed by atoms with Crippen molar-refractivity contribution in [2.75, 3.05) is 13.7 Å². The number of aromatic nitrogens is 2. The van der Waals surface area contributed by atoms with Crippen LogP contribution in [0.2, 0.25) is 0 Å². The van der Waals surface area contributed by atoms with Crippen molar-refractivity contribution < 1.29 is 23.9 Å². The fourth-order valence-corrected chi connectivity index (χ4v) is 3.38. The maximum atomic E-state index is 12.3. The molecule has 9 heteroatoms. The predicted octanol–water partition coefficient (Wildman–Crippen LogP) is 2.37. The minimum atomic E-state index is -0.780. The average Bonchev–Trinajstić information content (AvgIpc) is 3.07. The minimum Gasteiger partial charge on any atom is -0.467 e. The molecule has 0 saturated carbocycles. The van der Waals surface area contributed by atoms with E-state index < -0.39 is 30.5 Å². The van der Waals surface area contributed by atoms with Gasteiger partial charge in [0.2, 0.25) is 0 Å². The summed E-state index contributed by atoms with van der Waals surface area (Å²) in [6.07, 6.45) is 2.07. The minimum absolute atomic E-state index is 0.178. The van der Waals surface area contributed by atoms with Crippen LogP contribution in [0.15, 0.2) is 24.4 Å². The van der Waals surface area contributed by atoms with E-state index in [0.29, 0.717) is 27.7 Å². The molecule has 2 aromatic heterocycles. The van der Waals surface area contributed by atoms with E-state index in [0.717, 1.165) is 11.3 Å². The quantitative estimate of drug-likeness (QED) is 0.672. The molecule has 2 heterocycles. The number of ether oxygens (including phenoxy) is 2. The Balaban J connectivity index is 1.97. The number of carbonyl (C=O) groups excluding carboxylic acids is 3. The summed E-state index contributed by atoms with van der Waals surface area (Å²) in [4.78, 5) is 45.0. The van der Waals surface area contributed by atoms with Crippen molar-refractivity contribution in [2.45, 2.75) is 33.2 Å². The molecule has 0 saturated heterocycles. The Bertz CT molecular complexity index is 835. The van der Waals surface area contributed by atoms with Crippen molar-refractivity contribution in [2.24, 2.45) is 5.92 Å². The summed E-state index contributed by atoms with van der Waals surface area (Å²) in [7, 11) is 1.26. The van der Waals surface area contributed by atoms with Crippen LogP contribution in [-0.2, 0) is 19.1 Å². The number of rotatable bonds is 8. The SMILES string of the molecule is COC(=O)[C@@H](CC(C)C)NC(=O)COC(=O)c1sc(-c2ccccn2)nc1C. The number of nitrogens with one attached hydrogen (secondary N) is 1. The molecule has 0 radical (unpaired) electrons. The Kier molecular flexibility index (Phi) is 7.62. The lowest BCUT2D eigenvalue weighted by Gasteiger charge is -2.18. The first-order chi connectivity index (χ1) is 13.3. The Morgan fingerprint density at radius 3 is 2.61 bits per heavy atom. The monoisotopic (exact) mass is 405 g/mol. The highest BCUT2D eigenvalue weighted by molar-refractivity contribution is 7.17. The molecule has 0 spiro atoms. The Morgan fingerprint density at radius 1 is 1.25 bits per heavy atom. The van der Waals surface area contributed by atoms with Gasteiger partial charge in [-0.2, -0.15) is 0 Å². The van der Waals surface area contributed by atoms with Crippen LogP contribution in [0, 0.1) is 12.8 Å². The Labute approximate surface area is 167 Å². The smallest absolute Gasteiger partial charge is 0.350 e. The largest absolute Gasteiger partial charge is 0.467 e. The van der Waals surface area contributed by atoms with E-state index >= 15 is 0 Å². The molecular formula is C19H23N3O5S. The highest BCUT2D eigenvalue weighted by Gasteiger charge is 2.24. The van der Waals surface area contributed by atoms with Gasteiger partial charge in [-0.25, -0.2) is 14.6 Å². The zero-order valence-corrected chi connectivity index (χ0v) is 17.0. The van der Waals surface area contributed by atoms with Gasteiger partial charge in [0.1, 0.15) is 15.9 Å². The molecule has 28 heavy (non-hydrogen) atoms. The number of pyridine rings is 1. The molecule has 2 aromatic rings. The number of esters is 2. The second-order valence-electron chi connectivity index (χ2n) is 6.50. The van der Waals surface area contributed by atoms with E-state index in [4.69, 9.17) is 9.47 Å². The lowest BCUT2D eigenvalue weighted by Crippen LogP contribution is -2.44. The predicted molar refractivity (Wildman–Crippen MR) is 104 cm³/mol. The highest BCUT2D eigenvalue weighted by atomic mass is 32.1. The van der Waals surface area contributed by atoms with Crippen molar-refractivity contribution in [3.63, 3.8) is 0 Å². The van der Waals surface area contributed by atoms with E-state index in [1.165, 1.54) is 7.11 Å². The van der Waals surface area contributed by atoms with Gasteiger partial charge < -0.3 is 14.8 Å². The molecule has 150 valence electrons. The number of nitrogens with zero attached hydrogens (tertiary/aromatic N) is 2. The second-order valence-corrected chi connectivity index (χ2v) is 7.50. The number of amides is 1. The van der Waals surface area contributed by atoms with Gasteiger partial charge in [-0.15, -0.1) is 11.3 Å². The van der Waals surface area contributed by atoms with Crippen LogP contribution in [-0.4, -0.2) is 47.6 Å². The van der Waals surface area contributed by atoms with Crippen LogP contribution in [0.5, 0.6) is 0 Å². The first kappa shape index (κ1) is 21.5. The van der Waals surface area contributed by atoms with Gasteiger partial charge >= 0.3 is 11.9 Å². The number of aryl methyl sites for hydroxylation is 1. The molecule has 1 atom stereocenters. The fraction of sp³-hybridized carbons (Fsp3) is 0.421. The van der Waals surface area contributed by atoms with Gasteiger partial charge in [-0.05, 0) is 31.4 Å².